The van der Waals surface area contributed by atoms with Crippen molar-refractivity contribution in [1.82, 2.24) is 10.6 Å². The average Bonchev–Trinajstić information content (AvgIpc) is 3.62. The molecule has 4 nitrogen and oxygen atoms in total. The normalized spacial score (nSPS) is 16.3. The van der Waals surface area contributed by atoms with E-state index in [1.807, 2.05) is 5.32 Å². The number of alkyl halides is 8. The lowest BCUT2D eigenvalue weighted by Gasteiger charge is -2.22. The quantitative estimate of drug-likeness (QED) is 0.222. The molecule has 16 heteroatoms. The van der Waals surface area contributed by atoms with Gasteiger partial charge in [-0.3, -0.25) is 9.59 Å². The molecule has 1 saturated carbocycles. The maximum atomic E-state index is 15.2. The van der Waals surface area contributed by atoms with E-state index in [0.29, 0.717) is 25.1 Å². The summed E-state index contributed by atoms with van der Waals surface area (Å²) < 4.78 is 123. The van der Waals surface area contributed by atoms with E-state index in [4.69, 9.17) is 34.8 Å². The second-order valence-electron chi connectivity index (χ2n) is 9.34. The van der Waals surface area contributed by atoms with Crippen LogP contribution in [0.4, 0.5) is 39.5 Å². The monoisotopic (exact) mass is 654 g/mol. The molecular formula is C25H18Cl3F9N2O2. The molecule has 2 aromatic rings. The van der Waals surface area contributed by atoms with Crippen LogP contribution in [0.25, 0.3) is 5.83 Å². The third-order valence-corrected chi connectivity index (χ3v) is 7.25. The first-order chi connectivity index (χ1) is 18.6. The number of hydrogen-bond donors (Lipinski definition) is 2. The second-order valence-corrected chi connectivity index (χ2v) is 10.5. The number of carbonyl (C=O) groups is 2. The van der Waals surface area contributed by atoms with Crippen LogP contribution in [-0.4, -0.2) is 36.0 Å². The van der Waals surface area contributed by atoms with Crippen LogP contribution < -0.4 is 10.6 Å². The lowest BCUT2D eigenvalue weighted by Crippen LogP contribution is -2.51. The minimum absolute atomic E-state index is 0.134. The summed E-state index contributed by atoms with van der Waals surface area (Å²) in [6.07, 6.45) is -9.94. The Morgan fingerprint density at radius 1 is 0.976 bits per heavy atom. The molecule has 0 radical (unpaired) electrons. The van der Waals surface area contributed by atoms with Crippen molar-refractivity contribution in [2.24, 2.45) is 0 Å². The predicted octanol–water partition coefficient (Wildman–Crippen LogP) is 8.36. The number of carbonyl (C=O) groups excluding carboxylic acids is 2. The SMILES string of the molecule is CC(F)(F)C(C=C(F)c1ccc(C(=O)NC2(C(=O)NCC(F)(F)F)CC2)c(C(F)(F)F)c1)c1cc(Cl)c(Cl)c(Cl)c1. The Labute approximate surface area is 241 Å². The summed E-state index contributed by atoms with van der Waals surface area (Å²) in [6.45, 7) is -1.28. The standard InChI is InChI=1S/C25H18Cl3F9N2O2/c1-22(30,31)14(12-7-16(26)19(28)17(27)8-12)9-18(29)11-2-3-13(15(6-11)25(35,36)37)20(40)39-23(4-5-23)21(41)38-10-24(32,33)34/h2-3,6-9,14H,4-5,10H2,1H3,(H,38,41)(H,39,40). The number of hydrogen-bond acceptors (Lipinski definition) is 2. The van der Waals surface area contributed by atoms with Gasteiger partial charge in [0.1, 0.15) is 17.9 Å². The van der Waals surface area contributed by atoms with E-state index in [2.05, 4.69) is 0 Å². The first-order valence-electron chi connectivity index (χ1n) is 11.4. The van der Waals surface area contributed by atoms with Crippen LogP contribution in [-0.2, 0) is 11.0 Å². The maximum absolute atomic E-state index is 15.2. The molecule has 2 N–H and O–H groups in total. The molecule has 1 aliphatic rings. The van der Waals surface area contributed by atoms with Crippen LogP contribution >= 0.6 is 34.8 Å². The number of benzene rings is 2. The molecule has 1 aliphatic carbocycles. The second kappa shape index (κ2) is 11.6. The number of halogens is 12. The summed E-state index contributed by atoms with van der Waals surface area (Å²) in [4.78, 5) is 24.8. The van der Waals surface area contributed by atoms with Gasteiger partial charge in [0.25, 0.3) is 11.8 Å². The Bertz CT molecular complexity index is 1360. The molecular weight excluding hydrogens is 638 g/mol. The fourth-order valence-electron chi connectivity index (χ4n) is 3.83. The Balaban J connectivity index is 1.96. The summed E-state index contributed by atoms with van der Waals surface area (Å²) in [5.41, 5.74) is -5.72. The molecule has 41 heavy (non-hydrogen) atoms. The molecule has 224 valence electrons. The van der Waals surface area contributed by atoms with Crippen molar-refractivity contribution in [1.29, 1.82) is 0 Å². The van der Waals surface area contributed by atoms with Gasteiger partial charge in [0.05, 0.1) is 32.1 Å². The summed E-state index contributed by atoms with van der Waals surface area (Å²) in [5.74, 6) is -9.93. The van der Waals surface area contributed by atoms with Crippen molar-refractivity contribution < 1.29 is 49.1 Å². The zero-order valence-electron chi connectivity index (χ0n) is 20.5. The first kappa shape index (κ1) is 32.9. The molecule has 0 bridgehead atoms. The average molecular weight is 656 g/mol. The van der Waals surface area contributed by atoms with Gasteiger partial charge in [0, 0.05) is 12.5 Å². The van der Waals surface area contributed by atoms with Crippen LogP contribution in [0.15, 0.2) is 36.4 Å². The van der Waals surface area contributed by atoms with Crippen molar-refractivity contribution in [3.05, 3.63) is 73.7 Å². The molecule has 2 aromatic carbocycles. The first-order valence-corrected chi connectivity index (χ1v) is 12.6. The predicted molar refractivity (Wildman–Crippen MR) is 134 cm³/mol. The van der Waals surface area contributed by atoms with Gasteiger partial charge in [-0.05, 0) is 48.7 Å². The minimum atomic E-state index is -5.26. The van der Waals surface area contributed by atoms with E-state index in [1.165, 1.54) is 0 Å². The van der Waals surface area contributed by atoms with E-state index in [1.54, 1.807) is 5.32 Å². The molecule has 0 aromatic heterocycles. The van der Waals surface area contributed by atoms with Crippen LogP contribution in [0.1, 0.15) is 52.7 Å². The third kappa shape index (κ3) is 8.01. The molecule has 2 amide bonds. The van der Waals surface area contributed by atoms with E-state index < -0.39 is 70.6 Å². The highest BCUT2D eigenvalue weighted by atomic mass is 35.5. The molecule has 1 fully saturated rings. The smallest absolute Gasteiger partial charge is 0.345 e. The van der Waals surface area contributed by atoms with E-state index in [-0.39, 0.29) is 39.5 Å². The van der Waals surface area contributed by atoms with Crippen molar-refractivity contribution in [2.75, 3.05) is 6.54 Å². The van der Waals surface area contributed by atoms with Crippen molar-refractivity contribution in [3.8, 4) is 0 Å². The third-order valence-electron chi connectivity index (χ3n) is 6.06. The Morgan fingerprint density at radius 2 is 1.54 bits per heavy atom. The zero-order valence-corrected chi connectivity index (χ0v) is 22.8. The van der Waals surface area contributed by atoms with Gasteiger partial charge in [-0.1, -0.05) is 40.9 Å². The van der Waals surface area contributed by atoms with E-state index >= 15 is 4.39 Å². The number of nitrogens with one attached hydrogen (secondary N) is 2. The maximum Gasteiger partial charge on any atom is 0.417 e. The Morgan fingerprint density at radius 3 is 2.00 bits per heavy atom. The fourth-order valence-corrected chi connectivity index (χ4v) is 4.44. The largest absolute Gasteiger partial charge is 0.417 e. The molecule has 0 saturated heterocycles. The van der Waals surface area contributed by atoms with Crippen molar-refractivity contribution in [3.63, 3.8) is 0 Å². The van der Waals surface area contributed by atoms with Gasteiger partial charge < -0.3 is 10.6 Å². The fraction of sp³-hybridized carbons (Fsp3) is 0.360. The van der Waals surface area contributed by atoms with Crippen LogP contribution in [0, 0.1) is 0 Å². The molecule has 1 atom stereocenters. The molecule has 0 spiro atoms. The van der Waals surface area contributed by atoms with E-state index in [0.717, 1.165) is 12.1 Å². The van der Waals surface area contributed by atoms with E-state index in [9.17, 15) is 44.7 Å². The summed E-state index contributed by atoms with van der Waals surface area (Å²) in [6, 6.07) is 3.46. The van der Waals surface area contributed by atoms with Gasteiger partial charge in [0.2, 0.25) is 5.91 Å². The lowest BCUT2D eigenvalue weighted by molar-refractivity contribution is -0.140. The minimum Gasteiger partial charge on any atom is -0.345 e. The van der Waals surface area contributed by atoms with Gasteiger partial charge in [-0.2, -0.15) is 26.3 Å². The highest BCUT2D eigenvalue weighted by Crippen LogP contribution is 2.42. The molecule has 0 aliphatic heterocycles. The number of allylic oxidation sites excluding steroid dienone is 1. The molecule has 3 rings (SSSR count). The Hall–Kier alpha value is -2.64. The lowest BCUT2D eigenvalue weighted by atomic mass is 9.91. The molecule has 0 heterocycles. The topological polar surface area (TPSA) is 58.2 Å². The summed E-state index contributed by atoms with van der Waals surface area (Å²) in [5, 5.41) is 2.95. The Kier molecular flexibility index (Phi) is 9.27. The number of amides is 2. The van der Waals surface area contributed by atoms with Gasteiger partial charge in [-0.25, -0.2) is 13.2 Å². The van der Waals surface area contributed by atoms with Gasteiger partial charge >= 0.3 is 12.4 Å². The summed E-state index contributed by atoms with van der Waals surface area (Å²) in [7, 11) is 0. The summed E-state index contributed by atoms with van der Waals surface area (Å²) >= 11 is 17.6. The van der Waals surface area contributed by atoms with Gasteiger partial charge in [0.15, 0.2) is 0 Å². The number of rotatable bonds is 8. The highest BCUT2D eigenvalue weighted by molar-refractivity contribution is 6.48. The van der Waals surface area contributed by atoms with Crippen LogP contribution in [0.3, 0.4) is 0 Å². The van der Waals surface area contributed by atoms with Crippen LogP contribution in [0.5, 0.6) is 0 Å². The van der Waals surface area contributed by atoms with Crippen molar-refractivity contribution >= 4 is 52.4 Å². The highest BCUT2D eigenvalue weighted by Gasteiger charge is 2.52. The zero-order chi connectivity index (χ0) is 31.1. The van der Waals surface area contributed by atoms with Gasteiger partial charge in [-0.15, -0.1) is 0 Å². The van der Waals surface area contributed by atoms with Crippen molar-refractivity contribution in [2.45, 2.75) is 49.5 Å². The molecule has 1 unspecified atom stereocenters. The van der Waals surface area contributed by atoms with Crippen LogP contribution in [0.2, 0.25) is 15.1 Å².